The molecule has 0 bridgehead atoms. The number of benzene rings is 2. The molecule has 1 amide bonds. The average Bonchev–Trinajstić information content (AvgIpc) is 2.40. The number of carboxylic acid groups (broad SMARTS) is 1. The summed E-state index contributed by atoms with van der Waals surface area (Å²) in [6.45, 7) is 0. The first kappa shape index (κ1) is 15.5. The molecule has 0 fully saturated rings. The lowest BCUT2D eigenvalue weighted by atomic mass is 10.1. The zero-order chi connectivity index (χ0) is 15.6. The van der Waals surface area contributed by atoms with E-state index in [-0.39, 0.29) is 11.5 Å². The maximum atomic E-state index is 12.2. The second-order valence-electron chi connectivity index (χ2n) is 4.19. The summed E-state index contributed by atoms with van der Waals surface area (Å²) in [6, 6.07) is 9.30. The van der Waals surface area contributed by atoms with E-state index < -0.39 is 5.97 Å². The highest BCUT2D eigenvalue weighted by atomic mass is 79.9. The first-order valence-electron chi connectivity index (χ1n) is 5.77. The Kier molecular flexibility index (Phi) is 4.64. The van der Waals surface area contributed by atoms with E-state index in [0.29, 0.717) is 21.4 Å². The number of carboxylic acids is 1. The predicted octanol–water partition coefficient (Wildman–Crippen LogP) is 3.74. The standard InChI is InChI=1S/C14H10Br2N2O3/c15-8-2-3-9(11(17)6-8)13(19)18-12-4-1-7(14(20)21)5-10(12)16/h1-6H,17H2,(H,18,19)(H,20,21). The second-order valence-corrected chi connectivity index (χ2v) is 5.96. The molecule has 0 saturated heterocycles. The molecule has 0 aliphatic carbocycles. The molecule has 4 N–H and O–H groups in total. The van der Waals surface area contributed by atoms with Crippen LogP contribution in [-0.2, 0) is 0 Å². The van der Waals surface area contributed by atoms with E-state index in [1.165, 1.54) is 18.2 Å². The minimum Gasteiger partial charge on any atom is -0.478 e. The zero-order valence-corrected chi connectivity index (χ0v) is 13.7. The van der Waals surface area contributed by atoms with Gasteiger partial charge in [-0.25, -0.2) is 4.79 Å². The molecule has 0 spiro atoms. The number of aromatic carboxylic acids is 1. The van der Waals surface area contributed by atoms with Crippen LogP contribution in [0.15, 0.2) is 45.3 Å². The number of anilines is 2. The normalized spacial score (nSPS) is 10.2. The minimum absolute atomic E-state index is 0.128. The van der Waals surface area contributed by atoms with Crippen LogP contribution in [0.2, 0.25) is 0 Å². The minimum atomic E-state index is -1.04. The Hall–Kier alpha value is -1.86. The molecule has 0 unspecified atom stereocenters. The van der Waals surface area contributed by atoms with Crippen molar-refractivity contribution in [2.45, 2.75) is 0 Å². The van der Waals surface area contributed by atoms with Crippen molar-refractivity contribution in [3.05, 3.63) is 56.5 Å². The monoisotopic (exact) mass is 412 g/mol. The van der Waals surface area contributed by atoms with Gasteiger partial charge in [-0.15, -0.1) is 0 Å². The number of hydrogen-bond donors (Lipinski definition) is 3. The van der Waals surface area contributed by atoms with Gasteiger partial charge in [-0.1, -0.05) is 15.9 Å². The molecular weight excluding hydrogens is 404 g/mol. The first-order valence-corrected chi connectivity index (χ1v) is 7.36. The molecule has 0 atom stereocenters. The third-order valence-corrected chi connectivity index (χ3v) is 3.87. The van der Waals surface area contributed by atoms with Gasteiger partial charge in [-0.05, 0) is 52.3 Å². The van der Waals surface area contributed by atoms with E-state index in [1.54, 1.807) is 18.2 Å². The van der Waals surface area contributed by atoms with E-state index in [0.717, 1.165) is 4.47 Å². The third kappa shape index (κ3) is 3.62. The van der Waals surface area contributed by atoms with Gasteiger partial charge in [-0.3, -0.25) is 4.79 Å². The van der Waals surface area contributed by atoms with Gasteiger partial charge in [0, 0.05) is 14.6 Å². The fraction of sp³-hybridized carbons (Fsp3) is 0. The summed E-state index contributed by atoms with van der Waals surface area (Å²) in [5.41, 5.74) is 7.08. The highest BCUT2D eigenvalue weighted by Gasteiger charge is 2.13. The van der Waals surface area contributed by atoms with E-state index in [4.69, 9.17) is 10.8 Å². The van der Waals surface area contributed by atoms with Crippen molar-refractivity contribution in [3.8, 4) is 0 Å². The van der Waals surface area contributed by atoms with Gasteiger partial charge in [0.2, 0.25) is 0 Å². The number of hydrogen-bond acceptors (Lipinski definition) is 3. The summed E-state index contributed by atoms with van der Waals surface area (Å²) in [6.07, 6.45) is 0. The number of nitrogen functional groups attached to an aromatic ring is 1. The number of halogens is 2. The first-order chi connectivity index (χ1) is 9.88. The Labute approximate surface area is 137 Å². The topological polar surface area (TPSA) is 92.4 Å². The van der Waals surface area contributed by atoms with Crippen molar-refractivity contribution in [1.82, 2.24) is 0 Å². The molecule has 5 nitrogen and oxygen atoms in total. The fourth-order valence-electron chi connectivity index (χ4n) is 1.68. The van der Waals surface area contributed by atoms with E-state index in [9.17, 15) is 9.59 Å². The predicted molar refractivity (Wildman–Crippen MR) is 87.6 cm³/mol. The molecule has 2 aromatic rings. The summed E-state index contributed by atoms with van der Waals surface area (Å²) in [5.74, 6) is -1.41. The summed E-state index contributed by atoms with van der Waals surface area (Å²) in [5, 5.41) is 11.6. The van der Waals surface area contributed by atoms with Crippen LogP contribution in [0.5, 0.6) is 0 Å². The molecule has 0 saturated carbocycles. The summed E-state index contributed by atoms with van der Waals surface area (Å²) >= 11 is 6.50. The Morgan fingerprint density at radius 3 is 2.38 bits per heavy atom. The van der Waals surface area contributed by atoms with Crippen molar-refractivity contribution < 1.29 is 14.7 Å². The molecule has 2 rings (SSSR count). The fourth-order valence-corrected chi connectivity index (χ4v) is 2.54. The third-order valence-electron chi connectivity index (χ3n) is 2.72. The Bertz CT molecular complexity index is 732. The lowest BCUT2D eigenvalue weighted by Gasteiger charge is -2.10. The molecular formula is C14H10Br2N2O3. The molecule has 0 heterocycles. The number of nitrogens with two attached hydrogens (primary N) is 1. The molecule has 108 valence electrons. The quantitative estimate of drug-likeness (QED) is 0.668. The van der Waals surface area contributed by atoms with Crippen LogP contribution in [0.1, 0.15) is 20.7 Å². The molecule has 7 heteroatoms. The van der Waals surface area contributed by atoms with Gasteiger partial charge in [-0.2, -0.15) is 0 Å². The van der Waals surface area contributed by atoms with Crippen molar-refractivity contribution in [1.29, 1.82) is 0 Å². The summed E-state index contributed by atoms with van der Waals surface area (Å²) in [7, 11) is 0. The summed E-state index contributed by atoms with van der Waals surface area (Å²) in [4.78, 5) is 23.0. The highest BCUT2D eigenvalue weighted by molar-refractivity contribution is 9.10. The number of rotatable bonds is 3. The zero-order valence-electron chi connectivity index (χ0n) is 10.6. The average molecular weight is 414 g/mol. The van der Waals surface area contributed by atoms with Crippen molar-refractivity contribution in [2.24, 2.45) is 0 Å². The van der Waals surface area contributed by atoms with Crippen molar-refractivity contribution in [3.63, 3.8) is 0 Å². The van der Waals surface area contributed by atoms with E-state index in [2.05, 4.69) is 37.2 Å². The van der Waals surface area contributed by atoms with Gasteiger partial charge in [0.15, 0.2) is 0 Å². The van der Waals surface area contributed by atoms with Gasteiger partial charge < -0.3 is 16.2 Å². The maximum Gasteiger partial charge on any atom is 0.335 e. The largest absolute Gasteiger partial charge is 0.478 e. The van der Waals surface area contributed by atoms with Crippen molar-refractivity contribution in [2.75, 3.05) is 11.1 Å². The molecule has 0 radical (unpaired) electrons. The van der Waals surface area contributed by atoms with E-state index in [1.807, 2.05) is 0 Å². The van der Waals surface area contributed by atoms with Crippen LogP contribution >= 0.6 is 31.9 Å². The molecule has 21 heavy (non-hydrogen) atoms. The van der Waals surface area contributed by atoms with Crippen LogP contribution in [0.3, 0.4) is 0 Å². The Morgan fingerprint density at radius 2 is 1.81 bits per heavy atom. The molecule has 0 aliphatic heterocycles. The number of nitrogens with one attached hydrogen (secondary N) is 1. The lowest BCUT2D eigenvalue weighted by molar-refractivity contribution is 0.0696. The van der Waals surface area contributed by atoms with Crippen LogP contribution in [0.4, 0.5) is 11.4 Å². The Balaban J connectivity index is 2.25. The smallest absolute Gasteiger partial charge is 0.335 e. The molecule has 2 aromatic carbocycles. The van der Waals surface area contributed by atoms with Gasteiger partial charge in [0.05, 0.1) is 16.8 Å². The number of carbonyl (C=O) groups excluding carboxylic acids is 1. The van der Waals surface area contributed by atoms with Crippen LogP contribution in [-0.4, -0.2) is 17.0 Å². The maximum absolute atomic E-state index is 12.2. The number of carbonyl (C=O) groups is 2. The lowest BCUT2D eigenvalue weighted by Crippen LogP contribution is -2.14. The Morgan fingerprint density at radius 1 is 1.10 bits per heavy atom. The highest BCUT2D eigenvalue weighted by Crippen LogP contribution is 2.25. The van der Waals surface area contributed by atoms with Crippen molar-refractivity contribution >= 4 is 55.1 Å². The van der Waals surface area contributed by atoms with Crippen LogP contribution in [0.25, 0.3) is 0 Å². The second kappa shape index (κ2) is 6.28. The van der Waals surface area contributed by atoms with Gasteiger partial charge in [0.25, 0.3) is 5.91 Å². The molecule has 0 aliphatic rings. The molecule has 0 aromatic heterocycles. The SMILES string of the molecule is Nc1cc(Br)ccc1C(=O)Nc1ccc(C(=O)O)cc1Br. The number of amides is 1. The van der Waals surface area contributed by atoms with Gasteiger partial charge >= 0.3 is 5.97 Å². The van der Waals surface area contributed by atoms with Gasteiger partial charge in [0.1, 0.15) is 0 Å². The van der Waals surface area contributed by atoms with Crippen LogP contribution in [0, 0.1) is 0 Å². The van der Waals surface area contributed by atoms with Crippen LogP contribution < -0.4 is 11.1 Å². The summed E-state index contributed by atoms with van der Waals surface area (Å²) < 4.78 is 1.26. The van der Waals surface area contributed by atoms with E-state index >= 15 is 0 Å².